The van der Waals surface area contributed by atoms with E-state index in [-0.39, 0.29) is 13.2 Å². The molecule has 0 spiro atoms. The summed E-state index contributed by atoms with van der Waals surface area (Å²) in [5.41, 5.74) is 1.84. The lowest BCUT2D eigenvalue weighted by Gasteiger charge is -2.05. The summed E-state index contributed by atoms with van der Waals surface area (Å²) in [7, 11) is 0. The summed E-state index contributed by atoms with van der Waals surface area (Å²) in [6.07, 6.45) is 1.07. The van der Waals surface area contributed by atoms with Crippen molar-refractivity contribution in [3.63, 3.8) is 0 Å². The molecule has 2 aromatic rings. The van der Waals surface area contributed by atoms with Gasteiger partial charge in [-0.15, -0.1) is 5.10 Å². The largest absolute Gasteiger partial charge is 0.394 e. The van der Waals surface area contributed by atoms with Gasteiger partial charge in [0.25, 0.3) is 0 Å². The lowest BCUT2D eigenvalue weighted by Crippen LogP contribution is -2.23. The molecular weight excluding hydrogens is 208 g/mol. The Bertz CT molecular complexity index is 483. The quantitative estimate of drug-likeness (QED) is 0.667. The van der Waals surface area contributed by atoms with Crippen LogP contribution in [0.3, 0.4) is 0 Å². The molecule has 0 radical (unpaired) electrons. The first-order valence-corrected chi connectivity index (χ1v) is 5.05. The summed E-state index contributed by atoms with van der Waals surface area (Å²) < 4.78 is 1.67. The van der Waals surface area contributed by atoms with Crippen molar-refractivity contribution in [2.75, 3.05) is 18.5 Å². The molecule has 6 nitrogen and oxygen atoms in total. The number of rotatable bonds is 4. The number of fused-ring (bicyclic) bond motifs is 1. The fourth-order valence-electron chi connectivity index (χ4n) is 1.33. The average molecular weight is 222 g/mol. The second-order valence-electron chi connectivity index (χ2n) is 3.66. The first kappa shape index (κ1) is 10.8. The minimum absolute atomic E-state index is 0.229. The van der Waals surface area contributed by atoms with Crippen LogP contribution >= 0.6 is 0 Å². The van der Waals surface area contributed by atoms with E-state index in [1.807, 2.05) is 25.3 Å². The molecule has 0 aliphatic heterocycles. The van der Waals surface area contributed by atoms with Gasteiger partial charge in [-0.1, -0.05) is 6.07 Å². The molecule has 3 N–H and O–H groups in total. The highest BCUT2D eigenvalue weighted by Gasteiger charge is 2.05. The monoisotopic (exact) mass is 222 g/mol. The first-order chi connectivity index (χ1) is 7.69. The summed E-state index contributed by atoms with van der Waals surface area (Å²) in [5.74, 6) is 0.443. The molecule has 0 saturated heterocycles. The van der Waals surface area contributed by atoms with Crippen LogP contribution in [0.2, 0.25) is 0 Å². The number of aryl methyl sites for hydroxylation is 1. The molecule has 1 atom stereocenters. The van der Waals surface area contributed by atoms with Crippen molar-refractivity contribution in [2.24, 2.45) is 0 Å². The third-order valence-electron chi connectivity index (χ3n) is 2.19. The molecule has 0 aromatic carbocycles. The second-order valence-corrected chi connectivity index (χ2v) is 3.66. The average Bonchev–Trinajstić information content (AvgIpc) is 2.67. The van der Waals surface area contributed by atoms with Gasteiger partial charge in [0.2, 0.25) is 5.95 Å². The first-order valence-electron chi connectivity index (χ1n) is 5.05. The van der Waals surface area contributed by atoms with Crippen LogP contribution in [-0.4, -0.2) is 44.1 Å². The van der Waals surface area contributed by atoms with Crippen molar-refractivity contribution in [3.05, 3.63) is 23.9 Å². The molecule has 2 heterocycles. The van der Waals surface area contributed by atoms with E-state index in [0.29, 0.717) is 5.95 Å². The number of aliphatic hydroxyl groups excluding tert-OH is 2. The molecular formula is C10H14N4O2. The summed E-state index contributed by atoms with van der Waals surface area (Å²) in [6.45, 7) is 1.93. The van der Waals surface area contributed by atoms with Gasteiger partial charge in [0.15, 0.2) is 5.65 Å². The summed E-state index contributed by atoms with van der Waals surface area (Å²) in [4.78, 5) is 4.21. The molecule has 0 saturated carbocycles. The Morgan fingerprint density at radius 1 is 1.50 bits per heavy atom. The van der Waals surface area contributed by atoms with Crippen LogP contribution in [0.25, 0.3) is 5.65 Å². The van der Waals surface area contributed by atoms with Gasteiger partial charge in [0, 0.05) is 12.7 Å². The number of nitrogens with one attached hydrogen (secondary N) is 1. The van der Waals surface area contributed by atoms with E-state index < -0.39 is 6.10 Å². The standard InChI is InChI=1S/C10H14N4O2/c1-7-2-3-9-12-10(13-14(9)5-7)11-4-8(16)6-15/h2-3,5,8,15-16H,4,6H2,1H3,(H,11,13). The van der Waals surface area contributed by atoms with Gasteiger partial charge in [-0.3, -0.25) is 0 Å². The molecule has 0 amide bonds. The van der Waals surface area contributed by atoms with Crippen LogP contribution in [-0.2, 0) is 0 Å². The Kier molecular flexibility index (Phi) is 3.02. The van der Waals surface area contributed by atoms with E-state index in [1.165, 1.54) is 0 Å². The van der Waals surface area contributed by atoms with Gasteiger partial charge in [-0.05, 0) is 18.6 Å². The molecule has 1 unspecified atom stereocenters. The smallest absolute Gasteiger partial charge is 0.243 e. The van der Waals surface area contributed by atoms with Gasteiger partial charge in [0.1, 0.15) is 0 Å². The van der Waals surface area contributed by atoms with E-state index in [0.717, 1.165) is 11.2 Å². The van der Waals surface area contributed by atoms with Gasteiger partial charge in [-0.2, -0.15) is 4.98 Å². The van der Waals surface area contributed by atoms with E-state index in [1.54, 1.807) is 4.52 Å². The number of pyridine rings is 1. The molecule has 6 heteroatoms. The lowest BCUT2D eigenvalue weighted by atomic mass is 10.3. The Balaban J connectivity index is 2.13. The molecule has 0 aliphatic rings. The molecule has 0 fully saturated rings. The topological polar surface area (TPSA) is 82.7 Å². The van der Waals surface area contributed by atoms with Crippen molar-refractivity contribution < 1.29 is 10.2 Å². The van der Waals surface area contributed by atoms with E-state index in [4.69, 9.17) is 10.2 Å². The zero-order valence-electron chi connectivity index (χ0n) is 8.96. The van der Waals surface area contributed by atoms with Crippen LogP contribution in [0.15, 0.2) is 18.3 Å². The minimum atomic E-state index is -0.798. The third-order valence-corrected chi connectivity index (χ3v) is 2.19. The van der Waals surface area contributed by atoms with Crippen molar-refractivity contribution in [3.8, 4) is 0 Å². The molecule has 0 bridgehead atoms. The Labute approximate surface area is 92.6 Å². The summed E-state index contributed by atoms with van der Waals surface area (Å²) in [5, 5.41) is 24.8. The van der Waals surface area contributed by atoms with E-state index >= 15 is 0 Å². The van der Waals surface area contributed by atoms with Gasteiger partial charge in [0.05, 0.1) is 12.7 Å². The van der Waals surface area contributed by atoms with Crippen LogP contribution in [0.5, 0.6) is 0 Å². The SMILES string of the molecule is Cc1ccc2nc(NCC(O)CO)nn2c1. The predicted octanol–water partition coefficient (Wildman–Crippen LogP) is -0.197. The Morgan fingerprint density at radius 2 is 2.31 bits per heavy atom. The summed E-state index contributed by atoms with van der Waals surface area (Å²) >= 11 is 0. The van der Waals surface area contributed by atoms with Crippen molar-refractivity contribution in [2.45, 2.75) is 13.0 Å². The van der Waals surface area contributed by atoms with Gasteiger partial charge >= 0.3 is 0 Å². The van der Waals surface area contributed by atoms with Crippen LogP contribution in [0.1, 0.15) is 5.56 Å². The number of nitrogens with zero attached hydrogens (tertiary/aromatic N) is 3. The number of hydrogen-bond acceptors (Lipinski definition) is 5. The van der Waals surface area contributed by atoms with Crippen molar-refractivity contribution in [1.29, 1.82) is 0 Å². The molecule has 2 aromatic heterocycles. The maximum absolute atomic E-state index is 9.16. The Morgan fingerprint density at radius 3 is 3.06 bits per heavy atom. The maximum Gasteiger partial charge on any atom is 0.243 e. The van der Waals surface area contributed by atoms with Crippen LogP contribution < -0.4 is 5.32 Å². The van der Waals surface area contributed by atoms with Crippen LogP contribution in [0, 0.1) is 6.92 Å². The van der Waals surface area contributed by atoms with E-state index in [9.17, 15) is 0 Å². The summed E-state index contributed by atoms with van der Waals surface area (Å²) in [6, 6.07) is 3.83. The normalized spacial score (nSPS) is 12.9. The van der Waals surface area contributed by atoms with Gasteiger partial charge in [-0.25, -0.2) is 4.52 Å². The molecule has 16 heavy (non-hydrogen) atoms. The second kappa shape index (κ2) is 4.46. The minimum Gasteiger partial charge on any atom is -0.394 e. The predicted molar refractivity (Wildman–Crippen MR) is 59.3 cm³/mol. The highest BCUT2D eigenvalue weighted by atomic mass is 16.3. The van der Waals surface area contributed by atoms with Crippen molar-refractivity contribution >= 4 is 11.6 Å². The zero-order chi connectivity index (χ0) is 11.5. The van der Waals surface area contributed by atoms with Crippen LogP contribution in [0.4, 0.5) is 5.95 Å². The highest BCUT2D eigenvalue weighted by molar-refractivity contribution is 5.44. The molecule has 0 aliphatic carbocycles. The molecule has 86 valence electrons. The fraction of sp³-hybridized carbons (Fsp3) is 0.400. The molecule has 2 rings (SSSR count). The van der Waals surface area contributed by atoms with E-state index in [2.05, 4.69) is 15.4 Å². The third kappa shape index (κ3) is 2.29. The zero-order valence-corrected chi connectivity index (χ0v) is 8.96. The number of aliphatic hydroxyl groups is 2. The number of hydrogen-bond donors (Lipinski definition) is 3. The highest BCUT2D eigenvalue weighted by Crippen LogP contribution is 2.06. The number of aromatic nitrogens is 3. The maximum atomic E-state index is 9.16. The fourth-order valence-corrected chi connectivity index (χ4v) is 1.33. The van der Waals surface area contributed by atoms with Gasteiger partial charge < -0.3 is 15.5 Å². The number of anilines is 1. The lowest BCUT2D eigenvalue weighted by molar-refractivity contribution is 0.105. The Hall–Kier alpha value is -1.66. The van der Waals surface area contributed by atoms with Crippen molar-refractivity contribution in [1.82, 2.24) is 14.6 Å².